The van der Waals surface area contributed by atoms with Crippen LogP contribution in [-0.2, 0) is 9.47 Å². The second kappa shape index (κ2) is 7.67. The van der Waals surface area contributed by atoms with Crippen molar-refractivity contribution in [1.82, 2.24) is 0 Å². The van der Waals surface area contributed by atoms with E-state index in [9.17, 15) is 0 Å². The quantitative estimate of drug-likeness (QED) is 0.732. The summed E-state index contributed by atoms with van der Waals surface area (Å²) < 4.78 is 20.9. The predicted octanol–water partition coefficient (Wildman–Crippen LogP) is 3.36. The van der Waals surface area contributed by atoms with Crippen molar-refractivity contribution in [3.8, 4) is 22.6 Å². The summed E-state index contributed by atoms with van der Waals surface area (Å²) in [6.45, 7) is 0.356. The van der Waals surface area contributed by atoms with Gasteiger partial charge in [-0.25, -0.2) is 0 Å². The summed E-state index contributed by atoms with van der Waals surface area (Å²) in [4.78, 5) is 0. The minimum Gasteiger partial charge on any atom is -0.497 e. The van der Waals surface area contributed by atoms with Crippen LogP contribution in [0.1, 0.15) is 0 Å². The van der Waals surface area contributed by atoms with E-state index in [1.54, 1.807) is 21.3 Å². The van der Waals surface area contributed by atoms with Crippen LogP contribution in [-0.4, -0.2) is 34.2 Å². The Morgan fingerprint density at radius 1 is 0.714 bits per heavy atom. The highest BCUT2D eigenvalue weighted by atomic mass is 16.7. The van der Waals surface area contributed by atoms with E-state index in [-0.39, 0.29) is 6.29 Å². The third kappa shape index (κ3) is 4.21. The van der Waals surface area contributed by atoms with Crippen molar-refractivity contribution < 1.29 is 18.9 Å². The normalized spacial score (nSPS) is 10.7. The zero-order valence-electron chi connectivity index (χ0n) is 12.5. The van der Waals surface area contributed by atoms with E-state index in [0.717, 1.165) is 22.6 Å². The van der Waals surface area contributed by atoms with Gasteiger partial charge < -0.3 is 18.9 Å². The van der Waals surface area contributed by atoms with Crippen LogP contribution in [0, 0.1) is 0 Å². The van der Waals surface area contributed by atoms with Crippen molar-refractivity contribution in [2.75, 3.05) is 27.9 Å². The molecular weight excluding hydrogens is 268 g/mol. The second-order valence-corrected chi connectivity index (χ2v) is 4.46. The minimum absolute atomic E-state index is 0.355. The van der Waals surface area contributed by atoms with Crippen LogP contribution in [0.5, 0.6) is 11.5 Å². The Kier molecular flexibility index (Phi) is 5.60. The van der Waals surface area contributed by atoms with Gasteiger partial charge in [0, 0.05) is 14.2 Å². The summed E-state index contributed by atoms with van der Waals surface area (Å²) in [7, 11) is 4.84. The van der Waals surface area contributed by atoms with Crippen molar-refractivity contribution in [2.45, 2.75) is 6.29 Å². The maximum atomic E-state index is 5.61. The molecule has 0 fully saturated rings. The molecule has 0 radical (unpaired) electrons. The van der Waals surface area contributed by atoms with Crippen molar-refractivity contribution in [1.29, 1.82) is 0 Å². The summed E-state index contributed by atoms with van der Waals surface area (Å²) in [6, 6.07) is 15.9. The molecule has 2 aromatic carbocycles. The van der Waals surface area contributed by atoms with Gasteiger partial charge >= 0.3 is 0 Å². The highest BCUT2D eigenvalue weighted by Crippen LogP contribution is 2.24. The van der Waals surface area contributed by atoms with Gasteiger partial charge in [-0.05, 0) is 35.4 Å². The lowest BCUT2D eigenvalue weighted by atomic mass is 10.1. The highest BCUT2D eigenvalue weighted by molar-refractivity contribution is 5.64. The average molecular weight is 288 g/mol. The summed E-state index contributed by atoms with van der Waals surface area (Å²) >= 11 is 0. The molecule has 4 nitrogen and oxygen atoms in total. The van der Waals surface area contributed by atoms with Gasteiger partial charge in [0.05, 0.1) is 7.11 Å². The molecule has 0 spiro atoms. The van der Waals surface area contributed by atoms with E-state index in [1.807, 2.05) is 48.5 Å². The SMILES string of the molecule is COc1ccc(-c2ccc(OCC(OC)OC)cc2)cc1. The first-order valence-electron chi connectivity index (χ1n) is 6.69. The lowest BCUT2D eigenvalue weighted by molar-refractivity contribution is -0.121. The van der Waals surface area contributed by atoms with Gasteiger partial charge in [-0.2, -0.15) is 0 Å². The molecule has 21 heavy (non-hydrogen) atoms. The Labute approximate surface area is 125 Å². The van der Waals surface area contributed by atoms with E-state index in [0.29, 0.717) is 6.61 Å². The van der Waals surface area contributed by atoms with Crippen LogP contribution in [0.25, 0.3) is 11.1 Å². The standard InChI is InChI=1S/C17H20O4/c1-18-15-8-4-13(5-9-15)14-6-10-16(11-7-14)21-12-17(19-2)20-3/h4-11,17H,12H2,1-3H3. The maximum Gasteiger partial charge on any atom is 0.191 e. The third-order valence-electron chi connectivity index (χ3n) is 3.19. The van der Waals surface area contributed by atoms with E-state index < -0.39 is 0 Å². The molecule has 0 aliphatic carbocycles. The van der Waals surface area contributed by atoms with Crippen LogP contribution >= 0.6 is 0 Å². The smallest absolute Gasteiger partial charge is 0.191 e. The Hall–Kier alpha value is -2.04. The lowest BCUT2D eigenvalue weighted by Crippen LogP contribution is -2.21. The van der Waals surface area contributed by atoms with Crippen molar-refractivity contribution in [3.05, 3.63) is 48.5 Å². The Morgan fingerprint density at radius 3 is 1.62 bits per heavy atom. The van der Waals surface area contributed by atoms with Gasteiger partial charge in [0.15, 0.2) is 6.29 Å². The first-order valence-corrected chi connectivity index (χ1v) is 6.69. The van der Waals surface area contributed by atoms with Crippen molar-refractivity contribution in [3.63, 3.8) is 0 Å². The molecule has 0 saturated carbocycles. The first kappa shape index (κ1) is 15.4. The topological polar surface area (TPSA) is 36.9 Å². The third-order valence-corrected chi connectivity index (χ3v) is 3.19. The van der Waals surface area contributed by atoms with Gasteiger partial charge in [0.25, 0.3) is 0 Å². The molecule has 0 atom stereocenters. The monoisotopic (exact) mass is 288 g/mol. The largest absolute Gasteiger partial charge is 0.497 e. The summed E-state index contributed by atoms with van der Waals surface area (Å²) in [6.07, 6.45) is -0.355. The number of hydrogen-bond acceptors (Lipinski definition) is 4. The molecule has 0 saturated heterocycles. The number of rotatable bonds is 7. The molecular formula is C17H20O4. The summed E-state index contributed by atoms with van der Waals surface area (Å²) in [5.41, 5.74) is 2.26. The number of ether oxygens (including phenoxy) is 4. The molecule has 2 aromatic rings. The Morgan fingerprint density at radius 2 is 1.19 bits per heavy atom. The van der Waals surface area contributed by atoms with E-state index in [1.165, 1.54) is 0 Å². The fourth-order valence-electron chi connectivity index (χ4n) is 1.92. The van der Waals surface area contributed by atoms with E-state index in [4.69, 9.17) is 18.9 Å². The van der Waals surface area contributed by atoms with Gasteiger partial charge in [-0.15, -0.1) is 0 Å². The van der Waals surface area contributed by atoms with Crippen LogP contribution in [0.3, 0.4) is 0 Å². The van der Waals surface area contributed by atoms with Crippen molar-refractivity contribution >= 4 is 0 Å². The van der Waals surface area contributed by atoms with Gasteiger partial charge in [0.1, 0.15) is 18.1 Å². The molecule has 4 heteroatoms. The number of hydrogen-bond donors (Lipinski definition) is 0. The molecule has 0 aliphatic rings. The van der Waals surface area contributed by atoms with Gasteiger partial charge in [-0.1, -0.05) is 24.3 Å². The molecule has 0 N–H and O–H groups in total. The Balaban J connectivity index is 2.00. The van der Waals surface area contributed by atoms with Crippen molar-refractivity contribution in [2.24, 2.45) is 0 Å². The zero-order valence-corrected chi connectivity index (χ0v) is 12.5. The lowest BCUT2D eigenvalue weighted by Gasteiger charge is -2.14. The predicted molar refractivity (Wildman–Crippen MR) is 81.7 cm³/mol. The van der Waals surface area contributed by atoms with Gasteiger partial charge in [-0.3, -0.25) is 0 Å². The average Bonchev–Trinajstić information content (AvgIpc) is 2.56. The summed E-state index contributed by atoms with van der Waals surface area (Å²) in [5, 5.41) is 0. The van der Waals surface area contributed by atoms with Crippen LogP contribution < -0.4 is 9.47 Å². The molecule has 0 amide bonds. The molecule has 112 valence electrons. The van der Waals surface area contributed by atoms with Crippen LogP contribution in [0.4, 0.5) is 0 Å². The number of benzene rings is 2. The minimum atomic E-state index is -0.355. The van der Waals surface area contributed by atoms with Crippen LogP contribution in [0.15, 0.2) is 48.5 Å². The first-order chi connectivity index (χ1) is 10.3. The summed E-state index contributed by atoms with van der Waals surface area (Å²) in [5.74, 6) is 1.63. The van der Waals surface area contributed by atoms with Gasteiger partial charge in [0.2, 0.25) is 0 Å². The second-order valence-electron chi connectivity index (χ2n) is 4.46. The molecule has 0 heterocycles. The zero-order chi connectivity index (χ0) is 15.1. The fourth-order valence-corrected chi connectivity index (χ4v) is 1.92. The molecule has 2 rings (SSSR count). The molecule has 0 unspecified atom stereocenters. The highest BCUT2D eigenvalue weighted by Gasteiger charge is 2.06. The Bertz CT molecular complexity index is 530. The fraction of sp³-hybridized carbons (Fsp3) is 0.294. The molecule has 0 aliphatic heterocycles. The number of methoxy groups -OCH3 is 3. The molecule has 0 aromatic heterocycles. The molecule has 0 bridgehead atoms. The maximum absolute atomic E-state index is 5.61. The van der Waals surface area contributed by atoms with E-state index >= 15 is 0 Å². The van der Waals surface area contributed by atoms with Crippen LogP contribution in [0.2, 0.25) is 0 Å². The van der Waals surface area contributed by atoms with E-state index in [2.05, 4.69) is 0 Å².